The van der Waals surface area contributed by atoms with Crippen molar-refractivity contribution in [2.75, 3.05) is 18.0 Å². The van der Waals surface area contributed by atoms with Crippen LogP contribution in [0.25, 0.3) is 33.2 Å². The number of nitrogens with zero attached hydrogens (tertiary/aromatic N) is 4. The molecule has 0 saturated carbocycles. The van der Waals surface area contributed by atoms with E-state index in [9.17, 15) is 8.78 Å². The van der Waals surface area contributed by atoms with Gasteiger partial charge in [0.25, 0.3) is 0 Å². The van der Waals surface area contributed by atoms with E-state index in [2.05, 4.69) is 20.0 Å². The number of oxime groups is 1. The SMILES string of the molecule is NC1CCN(c2c(-c3cc(F)cc(F)c3)cnc3ccc(-c4cncc(Cl)c4/C=N/O)cc23)CC1. The van der Waals surface area contributed by atoms with Crippen molar-refractivity contribution < 1.29 is 14.0 Å². The van der Waals surface area contributed by atoms with Crippen LogP contribution in [-0.2, 0) is 0 Å². The Morgan fingerprint density at radius 2 is 1.74 bits per heavy atom. The van der Waals surface area contributed by atoms with Crippen LogP contribution in [0.5, 0.6) is 0 Å². The van der Waals surface area contributed by atoms with Crippen LogP contribution in [0.2, 0.25) is 5.02 Å². The molecule has 0 bridgehead atoms. The average molecular weight is 494 g/mol. The highest BCUT2D eigenvalue weighted by Gasteiger charge is 2.23. The van der Waals surface area contributed by atoms with E-state index in [-0.39, 0.29) is 6.04 Å². The largest absolute Gasteiger partial charge is 0.411 e. The fourth-order valence-corrected chi connectivity index (χ4v) is 4.80. The minimum atomic E-state index is -0.654. The third-order valence-electron chi connectivity index (χ3n) is 6.31. The molecule has 9 heteroatoms. The van der Waals surface area contributed by atoms with Gasteiger partial charge in [-0.3, -0.25) is 9.97 Å². The summed E-state index contributed by atoms with van der Waals surface area (Å²) in [6.07, 6.45) is 7.64. The number of halogens is 3. The van der Waals surface area contributed by atoms with E-state index in [1.165, 1.54) is 24.5 Å². The molecule has 0 spiro atoms. The van der Waals surface area contributed by atoms with Gasteiger partial charge in [0.1, 0.15) is 11.6 Å². The standard InChI is InChI=1S/C26H22ClF2N5O/c27-24-14-31-11-21(23(24)13-33-35)15-1-2-25-20(9-15)26(34-5-3-19(30)4-6-34)22(12-32-25)16-7-17(28)10-18(29)8-16/h1-2,7-14,19,35H,3-6,30H2/b33-13+. The lowest BCUT2D eigenvalue weighted by Gasteiger charge is -2.34. The second-order valence-corrected chi connectivity index (χ2v) is 8.97. The van der Waals surface area contributed by atoms with Gasteiger partial charge in [0, 0.05) is 65.9 Å². The third kappa shape index (κ3) is 4.54. The van der Waals surface area contributed by atoms with Crippen LogP contribution in [0.3, 0.4) is 0 Å². The van der Waals surface area contributed by atoms with Crippen molar-refractivity contribution in [3.63, 3.8) is 0 Å². The van der Waals surface area contributed by atoms with E-state index >= 15 is 0 Å². The van der Waals surface area contributed by atoms with E-state index in [4.69, 9.17) is 22.5 Å². The maximum atomic E-state index is 14.2. The highest BCUT2D eigenvalue weighted by molar-refractivity contribution is 6.33. The number of rotatable bonds is 4. The van der Waals surface area contributed by atoms with Gasteiger partial charge in [-0.1, -0.05) is 22.8 Å². The first-order chi connectivity index (χ1) is 16.9. The molecule has 1 saturated heterocycles. The summed E-state index contributed by atoms with van der Waals surface area (Å²) in [5.74, 6) is -1.31. The molecular formula is C26H22ClF2N5O. The normalized spacial score (nSPS) is 14.8. The van der Waals surface area contributed by atoms with Crippen LogP contribution in [0.4, 0.5) is 14.5 Å². The van der Waals surface area contributed by atoms with E-state index in [0.717, 1.165) is 41.1 Å². The number of benzene rings is 2. The molecule has 2 aromatic heterocycles. The molecule has 0 radical (unpaired) electrons. The smallest absolute Gasteiger partial charge is 0.126 e. The highest BCUT2D eigenvalue weighted by atomic mass is 35.5. The Hall–Kier alpha value is -3.62. The predicted octanol–water partition coefficient (Wildman–Crippen LogP) is 5.63. The topological polar surface area (TPSA) is 87.6 Å². The Morgan fingerprint density at radius 1 is 1.00 bits per heavy atom. The van der Waals surface area contributed by atoms with Crippen LogP contribution in [0.15, 0.2) is 60.1 Å². The van der Waals surface area contributed by atoms with Crippen LogP contribution >= 0.6 is 11.6 Å². The summed E-state index contributed by atoms with van der Waals surface area (Å²) < 4.78 is 28.3. The molecule has 0 amide bonds. The molecule has 3 N–H and O–H groups in total. The summed E-state index contributed by atoms with van der Waals surface area (Å²) in [7, 11) is 0. The Kier molecular flexibility index (Phi) is 6.32. The minimum Gasteiger partial charge on any atom is -0.411 e. The maximum Gasteiger partial charge on any atom is 0.126 e. The van der Waals surface area contributed by atoms with Crippen molar-refractivity contribution in [3.05, 3.63) is 77.2 Å². The quantitative estimate of drug-likeness (QED) is 0.218. The van der Waals surface area contributed by atoms with Crippen molar-refractivity contribution in [3.8, 4) is 22.3 Å². The van der Waals surface area contributed by atoms with E-state index in [1.807, 2.05) is 18.2 Å². The summed E-state index contributed by atoms with van der Waals surface area (Å²) in [5, 5.41) is 13.4. The molecule has 1 aliphatic rings. The van der Waals surface area contributed by atoms with Crippen LogP contribution in [0, 0.1) is 11.6 Å². The zero-order valence-corrected chi connectivity index (χ0v) is 19.4. The minimum absolute atomic E-state index is 0.114. The van der Waals surface area contributed by atoms with Crippen molar-refractivity contribution >= 4 is 34.4 Å². The number of fused-ring (bicyclic) bond motifs is 1. The number of aromatic nitrogens is 2. The molecular weight excluding hydrogens is 472 g/mol. The number of hydrogen-bond donors (Lipinski definition) is 2. The van der Waals surface area contributed by atoms with Gasteiger partial charge in [0.15, 0.2) is 0 Å². The summed E-state index contributed by atoms with van der Waals surface area (Å²) in [4.78, 5) is 11.0. The van der Waals surface area contributed by atoms with E-state index in [0.29, 0.717) is 40.4 Å². The van der Waals surface area contributed by atoms with Crippen molar-refractivity contribution in [1.29, 1.82) is 0 Å². The first-order valence-electron chi connectivity index (χ1n) is 11.2. The maximum absolute atomic E-state index is 14.2. The Balaban J connectivity index is 1.76. The van der Waals surface area contributed by atoms with Crippen LogP contribution in [0.1, 0.15) is 18.4 Å². The number of nitrogens with two attached hydrogens (primary N) is 1. The second kappa shape index (κ2) is 9.56. The van der Waals surface area contributed by atoms with Gasteiger partial charge in [-0.25, -0.2) is 8.78 Å². The zero-order chi connectivity index (χ0) is 24.5. The van der Waals surface area contributed by atoms with E-state index < -0.39 is 11.6 Å². The molecule has 1 fully saturated rings. The summed E-state index contributed by atoms with van der Waals surface area (Å²) >= 11 is 6.31. The zero-order valence-electron chi connectivity index (χ0n) is 18.6. The predicted molar refractivity (Wildman–Crippen MR) is 134 cm³/mol. The average Bonchev–Trinajstić information content (AvgIpc) is 2.84. The fourth-order valence-electron chi connectivity index (χ4n) is 4.59. The monoisotopic (exact) mass is 493 g/mol. The number of pyridine rings is 2. The summed E-state index contributed by atoms with van der Waals surface area (Å²) in [5.41, 5.74) is 10.7. The van der Waals surface area contributed by atoms with Crippen LogP contribution in [-0.4, -0.2) is 40.5 Å². The molecule has 35 heavy (non-hydrogen) atoms. The molecule has 178 valence electrons. The number of anilines is 1. The van der Waals surface area contributed by atoms with E-state index in [1.54, 1.807) is 12.4 Å². The Bertz CT molecular complexity index is 1420. The second-order valence-electron chi connectivity index (χ2n) is 8.56. The molecule has 6 nitrogen and oxygen atoms in total. The molecule has 0 unspecified atom stereocenters. The summed E-state index contributed by atoms with van der Waals surface area (Å²) in [6.45, 7) is 1.41. The van der Waals surface area contributed by atoms with Gasteiger partial charge in [-0.05, 0) is 48.2 Å². The lowest BCUT2D eigenvalue weighted by Crippen LogP contribution is -2.40. The molecule has 2 aromatic carbocycles. The number of hydrogen-bond acceptors (Lipinski definition) is 6. The van der Waals surface area contributed by atoms with Gasteiger partial charge >= 0.3 is 0 Å². The third-order valence-corrected chi connectivity index (χ3v) is 6.61. The first kappa shape index (κ1) is 23.1. The molecule has 5 rings (SSSR count). The van der Waals surface area contributed by atoms with Crippen LogP contribution < -0.4 is 10.6 Å². The molecule has 3 heterocycles. The van der Waals surface area contributed by atoms with Gasteiger partial charge < -0.3 is 15.8 Å². The number of piperidine rings is 1. The van der Waals surface area contributed by atoms with Gasteiger partial charge in [-0.2, -0.15) is 0 Å². The molecule has 0 atom stereocenters. The Labute approximate surface area is 205 Å². The van der Waals surface area contributed by atoms with Crippen molar-refractivity contribution in [2.24, 2.45) is 10.9 Å². The first-order valence-corrected chi connectivity index (χ1v) is 11.5. The molecule has 0 aliphatic carbocycles. The Morgan fingerprint density at radius 3 is 2.46 bits per heavy atom. The van der Waals surface area contributed by atoms with Crippen molar-refractivity contribution in [2.45, 2.75) is 18.9 Å². The van der Waals surface area contributed by atoms with Gasteiger partial charge in [-0.15, -0.1) is 0 Å². The van der Waals surface area contributed by atoms with Gasteiger partial charge in [0.2, 0.25) is 0 Å². The highest BCUT2D eigenvalue weighted by Crippen LogP contribution is 2.40. The molecule has 1 aliphatic heterocycles. The van der Waals surface area contributed by atoms with Gasteiger partial charge in [0.05, 0.1) is 22.4 Å². The molecule has 4 aromatic rings. The lowest BCUT2D eigenvalue weighted by atomic mass is 9.95. The fraction of sp³-hybridized carbons (Fsp3) is 0.192. The van der Waals surface area contributed by atoms with Crippen molar-refractivity contribution in [1.82, 2.24) is 9.97 Å². The lowest BCUT2D eigenvalue weighted by molar-refractivity contribution is 0.322. The summed E-state index contributed by atoms with van der Waals surface area (Å²) in [6, 6.07) is 9.30.